The monoisotopic (exact) mass is 558 g/mol. The van der Waals surface area contributed by atoms with Crippen molar-refractivity contribution >= 4 is 29.1 Å². The molecule has 1 saturated heterocycles. The van der Waals surface area contributed by atoms with Crippen LogP contribution in [0.5, 0.6) is 5.75 Å². The zero-order chi connectivity index (χ0) is 29.0. The van der Waals surface area contributed by atoms with Crippen LogP contribution in [0.15, 0.2) is 18.2 Å². The van der Waals surface area contributed by atoms with Crippen LogP contribution in [0.3, 0.4) is 0 Å². The lowest BCUT2D eigenvalue weighted by Gasteiger charge is -2.40. The van der Waals surface area contributed by atoms with E-state index in [1.165, 1.54) is 0 Å². The van der Waals surface area contributed by atoms with Crippen LogP contribution in [0.1, 0.15) is 53.4 Å². The molecule has 2 N–H and O–H groups in total. The molecule has 1 saturated carbocycles. The summed E-state index contributed by atoms with van der Waals surface area (Å²) in [5.41, 5.74) is 0.452. The van der Waals surface area contributed by atoms with Gasteiger partial charge in [0.25, 0.3) is 5.91 Å². The van der Waals surface area contributed by atoms with Crippen molar-refractivity contribution in [1.29, 1.82) is 0 Å². The highest BCUT2D eigenvalue weighted by molar-refractivity contribution is 6.04. The molecule has 2 aliphatic heterocycles. The number of nitrogens with one attached hydrogen (secondary N) is 2. The minimum Gasteiger partial charge on any atom is -0.476 e. The number of rotatable bonds is 12. The lowest BCUT2D eigenvalue weighted by molar-refractivity contribution is -0.132. The summed E-state index contributed by atoms with van der Waals surface area (Å²) in [6, 6.07) is 5.72. The van der Waals surface area contributed by atoms with Crippen LogP contribution in [0.25, 0.3) is 0 Å². The Morgan fingerprint density at radius 3 is 2.55 bits per heavy atom. The summed E-state index contributed by atoms with van der Waals surface area (Å²) >= 11 is 0. The number of carbonyl (C=O) groups excluding carboxylic acids is 3. The van der Waals surface area contributed by atoms with E-state index < -0.39 is 5.60 Å². The molecule has 4 rings (SSSR count). The van der Waals surface area contributed by atoms with Crippen LogP contribution in [0.4, 0.5) is 11.4 Å². The summed E-state index contributed by atoms with van der Waals surface area (Å²) in [6.45, 7) is 10.2. The van der Waals surface area contributed by atoms with E-state index in [1.54, 1.807) is 33.0 Å². The Morgan fingerprint density at radius 2 is 1.90 bits per heavy atom. The van der Waals surface area contributed by atoms with Gasteiger partial charge in [0.1, 0.15) is 5.75 Å². The summed E-state index contributed by atoms with van der Waals surface area (Å²) in [5.74, 6) is 0.0988. The third-order valence-electron chi connectivity index (χ3n) is 8.07. The van der Waals surface area contributed by atoms with Gasteiger partial charge < -0.3 is 34.6 Å². The highest BCUT2D eigenvalue weighted by Crippen LogP contribution is 2.43. The van der Waals surface area contributed by atoms with Crippen LogP contribution in [-0.4, -0.2) is 82.5 Å². The van der Waals surface area contributed by atoms with Gasteiger partial charge in [0.15, 0.2) is 5.60 Å². The van der Waals surface area contributed by atoms with Crippen molar-refractivity contribution in [2.45, 2.75) is 71.1 Å². The molecule has 3 atom stereocenters. The zero-order valence-electron chi connectivity index (χ0n) is 24.8. The van der Waals surface area contributed by atoms with Crippen LogP contribution in [0.2, 0.25) is 0 Å². The normalized spacial score (nSPS) is 22.9. The van der Waals surface area contributed by atoms with Gasteiger partial charge in [0.05, 0.1) is 30.2 Å². The van der Waals surface area contributed by atoms with Gasteiger partial charge in [0.2, 0.25) is 11.8 Å². The number of nitrogens with zero attached hydrogens (tertiary/aromatic N) is 2. The molecule has 0 aromatic heterocycles. The largest absolute Gasteiger partial charge is 0.476 e. The van der Waals surface area contributed by atoms with E-state index in [1.807, 2.05) is 23.1 Å². The van der Waals surface area contributed by atoms with Crippen LogP contribution in [0, 0.1) is 17.8 Å². The molecular weight excluding hydrogens is 512 g/mol. The average Bonchev–Trinajstić information content (AvgIpc) is 3.76. The molecule has 1 aromatic rings. The number of amides is 3. The first kappa shape index (κ1) is 30.3. The SMILES string of the molecule is COCCCN1C(=O)C(C)(C)Oc2ccc(N(C(=O)[C@H]3CNC[C@@H](C(=O)N[C@@H](COC)C(C)C)C3)C3CC3)cc21. The highest BCUT2D eigenvalue weighted by atomic mass is 16.5. The first-order chi connectivity index (χ1) is 19.1. The van der Waals surface area contributed by atoms with Crippen LogP contribution >= 0.6 is 0 Å². The molecule has 2 heterocycles. The first-order valence-electron chi connectivity index (χ1n) is 14.5. The van der Waals surface area contributed by atoms with Gasteiger partial charge in [-0.05, 0) is 63.6 Å². The van der Waals surface area contributed by atoms with E-state index in [2.05, 4.69) is 24.5 Å². The van der Waals surface area contributed by atoms with Crippen LogP contribution < -0.4 is 25.2 Å². The lowest BCUT2D eigenvalue weighted by Crippen LogP contribution is -2.53. The second-order valence-electron chi connectivity index (χ2n) is 12.1. The molecule has 10 nitrogen and oxygen atoms in total. The Balaban J connectivity index is 1.53. The predicted octanol–water partition coefficient (Wildman–Crippen LogP) is 2.74. The fourth-order valence-corrected chi connectivity index (χ4v) is 5.55. The lowest BCUT2D eigenvalue weighted by atomic mass is 9.88. The number of methoxy groups -OCH3 is 2. The molecule has 3 amide bonds. The quantitative estimate of drug-likeness (QED) is 0.380. The second-order valence-corrected chi connectivity index (χ2v) is 12.1. The Labute approximate surface area is 238 Å². The zero-order valence-corrected chi connectivity index (χ0v) is 24.8. The van der Waals surface area contributed by atoms with Gasteiger partial charge in [-0.1, -0.05) is 13.8 Å². The van der Waals surface area contributed by atoms with Crippen molar-refractivity contribution in [3.63, 3.8) is 0 Å². The molecule has 0 radical (unpaired) electrons. The number of anilines is 2. The van der Waals surface area contributed by atoms with Crippen molar-refractivity contribution < 1.29 is 28.6 Å². The maximum atomic E-state index is 14.0. The van der Waals surface area contributed by atoms with Gasteiger partial charge in [-0.2, -0.15) is 0 Å². The third-order valence-corrected chi connectivity index (χ3v) is 8.07. The molecule has 2 fully saturated rings. The van der Waals surface area contributed by atoms with Gasteiger partial charge >= 0.3 is 0 Å². The fraction of sp³-hybridized carbons (Fsp3) is 0.700. The highest BCUT2D eigenvalue weighted by Gasteiger charge is 2.43. The fourth-order valence-electron chi connectivity index (χ4n) is 5.55. The minimum atomic E-state index is -0.977. The molecule has 1 aromatic carbocycles. The smallest absolute Gasteiger partial charge is 0.270 e. The summed E-state index contributed by atoms with van der Waals surface area (Å²) in [6.07, 6.45) is 3.04. The molecule has 1 aliphatic carbocycles. The summed E-state index contributed by atoms with van der Waals surface area (Å²) in [5, 5.41) is 6.45. The number of fused-ring (bicyclic) bond motifs is 1. The number of carbonyl (C=O) groups is 3. The Morgan fingerprint density at radius 1 is 1.18 bits per heavy atom. The van der Waals surface area contributed by atoms with Gasteiger partial charge in [-0.25, -0.2) is 0 Å². The van der Waals surface area contributed by atoms with Crippen molar-refractivity contribution in [2.75, 3.05) is 56.9 Å². The van der Waals surface area contributed by atoms with Crippen molar-refractivity contribution in [3.8, 4) is 5.75 Å². The van der Waals surface area contributed by atoms with E-state index in [-0.39, 0.29) is 47.6 Å². The van der Waals surface area contributed by atoms with E-state index >= 15 is 0 Å². The maximum Gasteiger partial charge on any atom is 0.270 e. The number of hydrogen-bond donors (Lipinski definition) is 2. The van der Waals surface area contributed by atoms with Gasteiger partial charge in [-0.3, -0.25) is 14.4 Å². The van der Waals surface area contributed by atoms with Crippen molar-refractivity contribution in [1.82, 2.24) is 10.6 Å². The summed E-state index contributed by atoms with van der Waals surface area (Å²) < 4.78 is 16.6. The van der Waals surface area contributed by atoms with E-state index in [9.17, 15) is 14.4 Å². The Bertz CT molecular complexity index is 1070. The Kier molecular flexibility index (Phi) is 9.74. The molecule has 3 aliphatic rings. The number of hydrogen-bond acceptors (Lipinski definition) is 7. The third kappa shape index (κ3) is 6.78. The minimum absolute atomic E-state index is 0.0130. The molecule has 222 valence electrons. The first-order valence-corrected chi connectivity index (χ1v) is 14.5. The number of ether oxygens (including phenoxy) is 3. The van der Waals surface area contributed by atoms with Gasteiger partial charge in [-0.15, -0.1) is 0 Å². The number of piperidine rings is 1. The average molecular weight is 559 g/mol. The Hall–Kier alpha value is -2.69. The standard InChI is InChI=1S/C30H46N4O6/c1-19(2)24(18-39-6)32-27(35)20-14-21(17-31-16-20)28(36)34(22-8-9-22)23-10-11-26-25(15-23)33(12-7-13-38-5)29(37)30(3,4)40-26/h10-11,15,19-22,24,31H,7-9,12-14,16-18H2,1-6H3,(H,32,35)/t20-,21+,24-/m0/s1. The molecule has 0 bridgehead atoms. The van der Waals surface area contributed by atoms with Gasteiger partial charge in [0, 0.05) is 52.2 Å². The van der Waals surface area contributed by atoms with E-state index in [0.717, 1.165) is 18.5 Å². The maximum absolute atomic E-state index is 14.0. The van der Waals surface area contributed by atoms with Crippen LogP contribution in [-0.2, 0) is 23.9 Å². The summed E-state index contributed by atoms with van der Waals surface area (Å²) in [4.78, 5) is 44.1. The van der Waals surface area contributed by atoms with E-state index in [4.69, 9.17) is 14.2 Å². The molecule has 0 spiro atoms. The number of benzene rings is 1. The summed E-state index contributed by atoms with van der Waals surface area (Å²) in [7, 11) is 3.28. The predicted molar refractivity (Wildman–Crippen MR) is 154 cm³/mol. The topological polar surface area (TPSA) is 109 Å². The second kappa shape index (κ2) is 12.9. The molecule has 10 heteroatoms. The van der Waals surface area contributed by atoms with E-state index in [0.29, 0.717) is 57.1 Å². The molecule has 0 unspecified atom stereocenters. The van der Waals surface area contributed by atoms with Crippen molar-refractivity contribution in [2.24, 2.45) is 17.8 Å². The van der Waals surface area contributed by atoms with Crippen molar-refractivity contribution in [3.05, 3.63) is 18.2 Å². The molecule has 40 heavy (non-hydrogen) atoms. The molecular formula is C30H46N4O6.